The molecule has 2 rings (SSSR count). The first-order valence-corrected chi connectivity index (χ1v) is 3.14. The lowest BCUT2D eigenvalue weighted by molar-refractivity contribution is -0.128. The van der Waals surface area contributed by atoms with Crippen LogP contribution in [0.25, 0.3) is 0 Å². The molecule has 1 aliphatic heterocycles. The number of rotatable bonds is 0. The molecule has 1 saturated carbocycles. The van der Waals surface area contributed by atoms with Gasteiger partial charge in [-0.1, -0.05) is 0 Å². The number of hydrogen-bond donors (Lipinski definition) is 1. The Morgan fingerprint density at radius 1 is 1.62 bits per heavy atom. The molecule has 0 aromatic carbocycles. The quantitative estimate of drug-likeness (QED) is 0.474. The van der Waals surface area contributed by atoms with E-state index in [1.54, 1.807) is 0 Å². The molecule has 0 aromatic rings. The fourth-order valence-corrected chi connectivity index (χ4v) is 1.58. The largest absolute Gasteiger partial charge is 0.307 e. The van der Waals surface area contributed by atoms with Crippen LogP contribution in [-0.4, -0.2) is 18.4 Å². The van der Waals surface area contributed by atoms with Crippen LogP contribution in [0.1, 0.15) is 12.8 Å². The highest BCUT2D eigenvalue weighted by Gasteiger charge is 2.42. The zero-order valence-corrected chi connectivity index (χ0v) is 4.68. The molecule has 0 radical (unpaired) electrons. The number of fused-ring (bicyclic) bond motifs is 1. The van der Waals surface area contributed by atoms with Crippen molar-refractivity contribution in [3.63, 3.8) is 0 Å². The Kier molecular flexibility index (Phi) is 0.742. The van der Waals surface area contributed by atoms with E-state index in [4.69, 9.17) is 0 Å². The molecule has 2 atom stereocenters. The number of Topliss-reactive ketones (excluding diaryl/α,β-unsaturated/α-hetero) is 1. The minimum absolute atomic E-state index is 0.273. The SMILES string of the molecule is O=C1CC2CCNC12. The topological polar surface area (TPSA) is 29.1 Å². The van der Waals surface area contributed by atoms with E-state index in [9.17, 15) is 4.79 Å². The van der Waals surface area contributed by atoms with E-state index >= 15 is 0 Å². The minimum Gasteiger partial charge on any atom is -0.307 e. The summed E-state index contributed by atoms with van der Waals surface area (Å²) >= 11 is 0. The highest BCUT2D eigenvalue weighted by Crippen LogP contribution is 2.30. The third-order valence-electron chi connectivity index (χ3n) is 2.16. The van der Waals surface area contributed by atoms with Crippen molar-refractivity contribution in [3.05, 3.63) is 0 Å². The highest BCUT2D eigenvalue weighted by atomic mass is 16.1. The van der Waals surface area contributed by atoms with E-state index in [0.717, 1.165) is 13.0 Å². The predicted molar refractivity (Wildman–Crippen MR) is 29.5 cm³/mol. The summed E-state index contributed by atoms with van der Waals surface area (Å²) in [6, 6.07) is 0.273. The van der Waals surface area contributed by atoms with Gasteiger partial charge < -0.3 is 5.32 Å². The first-order chi connectivity index (χ1) is 3.88. The molecule has 8 heavy (non-hydrogen) atoms. The second-order valence-corrected chi connectivity index (χ2v) is 2.65. The van der Waals surface area contributed by atoms with Gasteiger partial charge in [-0.15, -0.1) is 0 Å². The Labute approximate surface area is 48.3 Å². The Bertz CT molecular complexity index is 132. The Morgan fingerprint density at radius 3 is 3.00 bits per heavy atom. The summed E-state index contributed by atoms with van der Waals surface area (Å²) in [7, 11) is 0. The van der Waals surface area contributed by atoms with E-state index in [2.05, 4.69) is 5.32 Å². The van der Waals surface area contributed by atoms with E-state index in [1.165, 1.54) is 6.42 Å². The van der Waals surface area contributed by atoms with Gasteiger partial charge in [0.1, 0.15) is 5.78 Å². The summed E-state index contributed by atoms with van der Waals surface area (Å²) in [4.78, 5) is 10.6. The van der Waals surface area contributed by atoms with Crippen LogP contribution in [0.3, 0.4) is 0 Å². The Morgan fingerprint density at radius 2 is 2.50 bits per heavy atom. The van der Waals surface area contributed by atoms with Crippen molar-refractivity contribution < 1.29 is 4.79 Å². The van der Waals surface area contributed by atoms with Crippen LogP contribution in [0.5, 0.6) is 0 Å². The third kappa shape index (κ3) is 0.388. The number of nitrogens with one attached hydrogen (secondary N) is 1. The van der Waals surface area contributed by atoms with Crippen LogP contribution in [-0.2, 0) is 4.79 Å². The van der Waals surface area contributed by atoms with Gasteiger partial charge in [-0.3, -0.25) is 4.79 Å². The van der Waals surface area contributed by atoms with E-state index in [0.29, 0.717) is 11.7 Å². The summed E-state index contributed by atoms with van der Waals surface area (Å²) in [5.74, 6) is 1.13. The number of hydrogen-bond acceptors (Lipinski definition) is 2. The van der Waals surface area contributed by atoms with Gasteiger partial charge in [0.05, 0.1) is 6.04 Å². The molecule has 44 valence electrons. The van der Waals surface area contributed by atoms with Gasteiger partial charge >= 0.3 is 0 Å². The van der Waals surface area contributed by atoms with Crippen molar-refractivity contribution >= 4 is 5.78 Å². The lowest BCUT2D eigenvalue weighted by Crippen LogP contribution is -2.45. The standard InChI is InChI=1S/C6H9NO/c8-5-3-4-1-2-7-6(4)5/h4,6-7H,1-3H2. The molecule has 0 aromatic heterocycles. The first-order valence-electron chi connectivity index (χ1n) is 3.14. The molecule has 0 amide bonds. The van der Waals surface area contributed by atoms with Crippen LogP contribution >= 0.6 is 0 Å². The Hall–Kier alpha value is -0.370. The van der Waals surface area contributed by atoms with Crippen LogP contribution in [0.2, 0.25) is 0 Å². The number of carbonyl (C=O) groups is 1. The van der Waals surface area contributed by atoms with Gasteiger partial charge in [0.15, 0.2) is 0 Å². The predicted octanol–water partition coefficient (Wildman–Crippen LogP) is -0.0627. The van der Waals surface area contributed by atoms with Crippen molar-refractivity contribution in [2.24, 2.45) is 5.92 Å². The molecule has 2 heteroatoms. The number of ketones is 1. The maximum absolute atomic E-state index is 10.6. The average molecular weight is 111 g/mol. The summed E-state index contributed by atoms with van der Waals surface area (Å²) < 4.78 is 0. The van der Waals surface area contributed by atoms with Gasteiger partial charge in [-0.2, -0.15) is 0 Å². The minimum atomic E-state index is 0.273. The second kappa shape index (κ2) is 1.32. The molecule has 2 nitrogen and oxygen atoms in total. The molecule has 1 N–H and O–H groups in total. The first kappa shape index (κ1) is 4.50. The van der Waals surface area contributed by atoms with Crippen LogP contribution < -0.4 is 5.32 Å². The van der Waals surface area contributed by atoms with Crippen molar-refractivity contribution in [3.8, 4) is 0 Å². The van der Waals surface area contributed by atoms with E-state index < -0.39 is 0 Å². The molecule has 0 bridgehead atoms. The fraction of sp³-hybridized carbons (Fsp3) is 0.833. The molecule has 2 fully saturated rings. The van der Waals surface area contributed by atoms with Crippen molar-refractivity contribution in [1.29, 1.82) is 0 Å². The molecule has 1 saturated heterocycles. The van der Waals surface area contributed by atoms with Gasteiger partial charge in [-0.25, -0.2) is 0 Å². The normalized spacial score (nSPS) is 43.8. The third-order valence-corrected chi connectivity index (χ3v) is 2.16. The van der Waals surface area contributed by atoms with Crippen LogP contribution in [0, 0.1) is 5.92 Å². The number of carbonyl (C=O) groups excluding carboxylic acids is 1. The van der Waals surface area contributed by atoms with Crippen molar-refractivity contribution in [2.45, 2.75) is 18.9 Å². The zero-order valence-electron chi connectivity index (χ0n) is 4.68. The molecule has 0 spiro atoms. The van der Waals surface area contributed by atoms with Gasteiger partial charge in [-0.05, 0) is 18.9 Å². The lowest BCUT2D eigenvalue weighted by atomic mass is 9.79. The molecule has 1 heterocycles. The van der Waals surface area contributed by atoms with E-state index in [-0.39, 0.29) is 6.04 Å². The van der Waals surface area contributed by atoms with E-state index in [1.807, 2.05) is 0 Å². The molecule has 1 aliphatic carbocycles. The summed E-state index contributed by atoms with van der Waals surface area (Å²) in [5, 5.41) is 3.16. The monoisotopic (exact) mass is 111 g/mol. The average Bonchev–Trinajstić information content (AvgIpc) is 2.09. The second-order valence-electron chi connectivity index (χ2n) is 2.65. The summed E-state index contributed by atoms with van der Waals surface area (Å²) in [6.07, 6.45) is 2.06. The molecule has 2 aliphatic rings. The highest BCUT2D eigenvalue weighted by molar-refractivity contribution is 5.91. The Balaban J connectivity index is 2.11. The lowest BCUT2D eigenvalue weighted by Gasteiger charge is -2.27. The zero-order chi connectivity index (χ0) is 5.56. The van der Waals surface area contributed by atoms with Crippen molar-refractivity contribution in [1.82, 2.24) is 5.32 Å². The maximum atomic E-state index is 10.6. The van der Waals surface area contributed by atoms with Gasteiger partial charge in [0.25, 0.3) is 0 Å². The fourth-order valence-electron chi connectivity index (χ4n) is 1.58. The van der Waals surface area contributed by atoms with Crippen LogP contribution in [0.4, 0.5) is 0 Å². The van der Waals surface area contributed by atoms with Crippen LogP contribution in [0.15, 0.2) is 0 Å². The molecular weight excluding hydrogens is 102 g/mol. The summed E-state index contributed by atoms with van der Waals surface area (Å²) in [5.41, 5.74) is 0. The van der Waals surface area contributed by atoms with Crippen molar-refractivity contribution in [2.75, 3.05) is 6.54 Å². The van der Waals surface area contributed by atoms with Gasteiger partial charge in [0, 0.05) is 6.42 Å². The maximum Gasteiger partial charge on any atom is 0.150 e. The van der Waals surface area contributed by atoms with Gasteiger partial charge in [0.2, 0.25) is 0 Å². The smallest absolute Gasteiger partial charge is 0.150 e. The summed E-state index contributed by atoms with van der Waals surface area (Å²) in [6.45, 7) is 1.06. The molecular formula is C6H9NO. The molecule has 2 unspecified atom stereocenters.